The van der Waals surface area contributed by atoms with Crippen LogP contribution in [0, 0.1) is 0 Å². The Labute approximate surface area is 121 Å². The van der Waals surface area contributed by atoms with Crippen molar-refractivity contribution in [3.8, 4) is 0 Å². The first-order chi connectivity index (χ1) is 8.93. The fourth-order valence-electron chi connectivity index (χ4n) is 2.31. The highest BCUT2D eigenvalue weighted by Crippen LogP contribution is 2.25. The smallest absolute Gasteiger partial charge is 0.290 e. The molecule has 0 aliphatic carbocycles. The van der Waals surface area contributed by atoms with E-state index in [0.29, 0.717) is 29.9 Å². The van der Waals surface area contributed by atoms with Crippen molar-refractivity contribution in [3.05, 3.63) is 22.6 Å². The molecule has 1 aromatic rings. The molecule has 1 aliphatic heterocycles. The Kier molecular flexibility index (Phi) is 4.32. The number of carbonyl (C=O) groups is 1. The van der Waals surface area contributed by atoms with Crippen LogP contribution < -0.4 is 0 Å². The molecular weight excluding hydrogens is 314 g/mol. The topological polar surface area (TPSA) is 51.9 Å². The maximum Gasteiger partial charge on any atom is 0.290 e. The third-order valence-corrected chi connectivity index (χ3v) is 3.56. The van der Waals surface area contributed by atoms with E-state index in [1.807, 2.05) is 13.8 Å². The van der Waals surface area contributed by atoms with Crippen molar-refractivity contribution in [1.82, 2.24) is 4.90 Å². The Morgan fingerprint density at radius 1 is 1.63 bits per heavy atom. The molecule has 0 spiro atoms. The van der Waals surface area contributed by atoms with Gasteiger partial charge in [0.25, 0.3) is 5.91 Å². The van der Waals surface area contributed by atoms with Crippen molar-refractivity contribution in [1.29, 1.82) is 0 Å². The van der Waals surface area contributed by atoms with E-state index in [0.717, 1.165) is 0 Å². The van der Waals surface area contributed by atoms with Crippen LogP contribution in [0.25, 0.3) is 0 Å². The average molecular weight is 332 g/mol. The summed E-state index contributed by atoms with van der Waals surface area (Å²) >= 11 is 3.31. The van der Waals surface area contributed by atoms with Crippen molar-refractivity contribution < 1.29 is 18.7 Å². The molecule has 2 heterocycles. The van der Waals surface area contributed by atoms with Crippen molar-refractivity contribution in [2.45, 2.75) is 25.6 Å². The van der Waals surface area contributed by atoms with Gasteiger partial charge in [0.05, 0.1) is 29.0 Å². The number of furan rings is 1. The Hall–Kier alpha value is -0.850. The van der Waals surface area contributed by atoms with Crippen LogP contribution in [-0.2, 0) is 9.47 Å². The molecule has 0 aromatic carbocycles. The highest BCUT2D eigenvalue weighted by atomic mass is 79.9. The fourth-order valence-corrected chi connectivity index (χ4v) is 2.68. The van der Waals surface area contributed by atoms with E-state index in [9.17, 15) is 4.79 Å². The first-order valence-corrected chi connectivity index (χ1v) is 6.91. The fraction of sp³-hybridized carbons (Fsp3) is 0.615. The van der Waals surface area contributed by atoms with Gasteiger partial charge < -0.3 is 18.8 Å². The normalized spacial score (nSPS) is 22.5. The number of rotatable bonds is 3. The lowest BCUT2D eigenvalue weighted by molar-refractivity contribution is -0.143. The molecule has 1 atom stereocenters. The molecule has 1 aromatic heterocycles. The van der Waals surface area contributed by atoms with E-state index in [1.165, 1.54) is 6.26 Å². The summed E-state index contributed by atoms with van der Waals surface area (Å²) in [7, 11) is 1.63. The van der Waals surface area contributed by atoms with Crippen LogP contribution >= 0.6 is 15.9 Å². The predicted molar refractivity (Wildman–Crippen MR) is 73.1 cm³/mol. The van der Waals surface area contributed by atoms with Gasteiger partial charge in [-0.2, -0.15) is 0 Å². The second kappa shape index (κ2) is 5.64. The first kappa shape index (κ1) is 14.6. The Bertz CT molecular complexity index is 457. The number of nitrogens with zero attached hydrogens (tertiary/aromatic N) is 1. The largest absolute Gasteiger partial charge is 0.458 e. The van der Waals surface area contributed by atoms with E-state index in [1.54, 1.807) is 18.1 Å². The summed E-state index contributed by atoms with van der Waals surface area (Å²) in [6, 6.07) is 1.71. The summed E-state index contributed by atoms with van der Waals surface area (Å²) in [5, 5.41) is 0. The molecule has 0 N–H and O–H groups in total. The zero-order valence-electron chi connectivity index (χ0n) is 11.3. The molecule has 19 heavy (non-hydrogen) atoms. The van der Waals surface area contributed by atoms with Crippen LogP contribution in [0.2, 0.25) is 0 Å². The highest BCUT2D eigenvalue weighted by molar-refractivity contribution is 9.10. The number of hydrogen-bond donors (Lipinski definition) is 0. The quantitative estimate of drug-likeness (QED) is 0.852. The van der Waals surface area contributed by atoms with Crippen LogP contribution in [0.3, 0.4) is 0 Å². The first-order valence-electron chi connectivity index (χ1n) is 6.12. The lowest BCUT2D eigenvalue weighted by atomic mass is 10.0. The van der Waals surface area contributed by atoms with E-state index >= 15 is 0 Å². The average Bonchev–Trinajstić information content (AvgIpc) is 2.73. The van der Waals surface area contributed by atoms with Gasteiger partial charge >= 0.3 is 0 Å². The van der Waals surface area contributed by atoms with E-state index < -0.39 is 5.60 Å². The third kappa shape index (κ3) is 3.38. The number of methoxy groups -OCH3 is 1. The van der Waals surface area contributed by atoms with Crippen LogP contribution in [0.5, 0.6) is 0 Å². The molecule has 106 valence electrons. The Morgan fingerprint density at radius 3 is 2.95 bits per heavy atom. The summed E-state index contributed by atoms with van der Waals surface area (Å²) in [4.78, 5) is 14.2. The molecule has 1 saturated heterocycles. The monoisotopic (exact) mass is 331 g/mol. The maximum absolute atomic E-state index is 12.4. The molecule has 5 nitrogen and oxygen atoms in total. The van der Waals surface area contributed by atoms with Gasteiger partial charge in [0, 0.05) is 20.2 Å². The minimum Gasteiger partial charge on any atom is -0.458 e. The van der Waals surface area contributed by atoms with Crippen LogP contribution in [-0.4, -0.2) is 49.3 Å². The third-order valence-electron chi connectivity index (χ3n) is 2.93. The zero-order valence-corrected chi connectivity index (χ0v) is 12.9. The van der Waals surface area contributed by atoms with Crippen LogP contribution in [0.1, 0.15) is 24.4 Å². The van der Waals surface area contributed by atoms with Gasteiger partial charge in [-0.05, 0) is 35.8 Å². The molecule has 1 fully saturated rings. The summed E-state index contributed by atoms with van der Waals surface area (Å²) in [5.74, 6) is 0.197. The van der Waals surface area contributed by atoms with E-state index in [2.05, 4.69) is 15.9 Å². The van der Waals surface area contributed by atoms with Gasteiger partial charge in [-0.25, -0.2) is 0 Å². The standard InChI is InChI=1S/C13H18BrNO4/c1-13(2)8-15(6-9(19-13)7-17-3)12(16)11-10(14)4-5-18-11/h4-5,9H,6-8H2,1-3H3. The van der Waals surface area contributed by atoms with Gasteiger partial charge in [0.1, 0.15) is 0 Å². The minimum atomic E-state index is -0.393. The molecule has 0 radical (unpaired) electrons. The molecule has 6 heteroatoms. The maximum atomic E-state index is 12.4. The molecule has 1 unspecified atom stereocenters. The lowest BCUT2D eigenvalue weighted by Gasteiger charge is -2.42. The number of ether oxygens (including phenoxy) is 2. The number of amides is 1. The molecule has 2 rings (SSSR count). The second-order valence-electron chi connectivity index (χ2n) is 5.24. The second-order valence-corrected chi connectivity index (χ2v) is 6.09. The van der Waals surface area contributed by atoms with Gasteiger partial charge in [-0.1, -0.05) is 0 Å². The molecule has 1 amide bonds. The summed E-state index contributed by atoms with van der Waals surface area (Å²) in [6.45, 7) is 5.42. The highest BCUT2D eigenvalue weighted by Gasteiger charge is 2.37. The number of hydrogen-bond acceptors (Lipinski definition) is 4. The zero-order chi connectivity index (χ0) is 14.0. The van der Waals surface area contributed by atoms with Crippen molar-refractivity contribution in [2.24, 2.45) is 0 Å². The summed E-state index contributed by atoms with van der Waals surface area (Å²) in [6.07, 6.45) is 1.38. The molecular formula is C13H18BrNO4. The molecule has 0 saturated carbocycles. The Morgan fingerprint density at radius 2 is 2.37 bits per heavy atom. The van der Waals surface area contributed by atoms with Crippen molar-refractivity contribution >= 4 is 21.8 Å². The van der Waals surface area contributed by atoms with Crippen LogP contribution in [0.4, 0.5) is 0 Å². The number of carbonyl (C=O) groups excluding carboxylic acids is 1. The predicted octanol–water partition coefficient (Wildman–Crippen LogP) is 2.31. The molecule has 0 bridgehead atoms. The number of morpholine rings is 1. The van der Waals surface area contributed by atoms with Crippen molar-refractivity contribution in [3.63, 3.8) is 0 Å². The SMILES string of the molecule is COCC1CN(C(=O)c2occc2Br)CC(C)(C)O1. The lowest BCUT2D eigenvalue weighted by Crippen LogP contribution is -2.55. The van der Waals surface area contributed by atoms with Gasteiger partial charge in [0.15, 0.2) is 0 Å². The van der Waals surface area contributed by atoms with Crippen LogP contribution in [0.15, 0.2) is 21.2 Å². The minimum absolute atomic E-state index is 0.119. The Balaban J connectivity index is 2.15. The van der Waals surface area contributed by atoms with Crippen molar-refractivity contribution in [2.75, 3.05) is 26.8 Å². The summed E-state index contributed by atoms with van der Waals surface area (Å²) < 4.78 is 16.9. The summed E-state index contributed by atoms with van der Waals surface area (Å²) in [5.41, 5.74) is -0.393. The van der Waals surface area contributed by atoms with E-state index in [4.69, 9.17) is 13.9 Å². The van der Waals surface area contributed by atoms with Gasteiger partial charge in [-0.3, -0.25) is 4.79 Å². The molecule has 1 aliphatic rings. The van der Waals surface area contributed by atoms with Gasteiger partial charge in [0.2, 0.25) is 5.76 Å². The van der Waals surface area contributed by atoms with Gasteiger partial charge in [-0.15, -0.1) is 0 Å². The van der Waals surface area contributed by atoms with E-state index in [-0.39, 0.29) is 12.0 Å². The number of halogens is 1.